The summed E-state index contributed by atoms with van der Waals surface area (Å²) in [6.07, 6.45) is 0.630. The predicted octanol–water partition coefficient (Wildman–Crippen LogP) is -0.0425. The first kappa shape index (κ1) is 8.14. The molecule has 0 saturated carbocycles. The largest absolute Gasteiger partial charge is 0.356 e. The number of aldehydes is 1. The first-order valence-corrected chi connectivity index (χ1v) is 2.95. The van der Waals surface area contributed by atoms with Crippen LogP contribution in [0.2, 0.25) is 0 Å². The van der Waals surface area contributed by atoms with E-state index in [4.69, 9.17) is 0 Å². The molecule has 0 spiro atoms. The van der Waals surface area contributed by atoms with Crippen LogP contribution < -0.4 is 5.32 Å². The van der Waals surface area contributed by atoms with Gasteiger partial charge in [-0.1, -0.05) is 0 Å². The van der Waals surface area contributed by atoms with Crippen LogP contribution >= 0.6 is 0 Å². The highest BCUT2D eigenvalue weighted by Crippen LogP contribution is 1.86. The van der Waals surface area contributed by atoms with Crippen molar-refractivity contribution in [2.24, 2.45) is 5.92 Å². The zero-order valence-electron chi connectivity index (χ0n) is 5.68. The van der Waals surface area contributed by atoms with Crippen molar-refractivity contribution in [1.29, 1.82) is 0 Å². The fourth-order valence-corrected chi connectivity index (χ4v) is 0.397. The average molecular weight is 129 g/mol. The van der Waals surface area contributed by atoms with Crippen LogP contribution in [-0.4, -0.2) is 18.7 Å². The molecular formula is C6H11NO2. The Kier molecular flexibility index (Phi) is 3.67. The standard InChI is InChI=1S/C6H11NO2/c1-3-7-6(9)5(2)4-8/h4-5H,3H2,1-2H3,(H,7,9). The maximum atomic E-state index is 10.6. The number of amides is 1. The number of carbonyl (C=O) groups excluding carboxylic acids is 2. The highest BCUT2D eigenvalue weighted by atomic mass is 16.2. The van der Waals surface area contributed by atoms with E-state index in [0.717, 1.165) is 0 Å². The van der Waals surface area contributed by atoms with E-state index in [9.17, 15) is 9.59 Å². The van der Waals surface area contributed by atoms with E-state index in [0.29, 0.717) is 12.8 Å². The van der Waals surface area contributed by atoms with E-state index in [1.807, 2.05) is 6.92 Å². The zero-order valence-corrected chi connectivity index (χ0v) is 5.68. The molecule has 0 fully saturated rings. The van der Waals surface area contributed by atoms with Gasteiger partial charge >= 0.3 is 0 Å². The van der Waals surface area contributed by atoms with Crippen LogP contribution in [0.4, 0.5) is 0 Å². The second kappa shape index (κ2) is 4.06. The normalized spacial score (nSPS) is 12.2. The molecule has 1 N–H and O–H groups in total. The molecule has 9 heavy (non-hydrogen) atoms. The molecule has 0 aliphatic carbocycles. The Morgan fingerprint density at radius 1 is 1.78 bits per heavy atom. The fourth-order valence-electron chi connectivity index (χ4n) is 0.397. The van der Waals surface area contributed by atoms with Crippen molar-refractivity contribution in [3.63, 3.8) is 0 Å². The molecule has 1 unspecified atom stereocenters. The summed E-state index contributed by atoms with van der Waals surface area (Å²) in [6, 6.07) is 0. The Morgan fingerprint density at radius 3 is 2.67 bits per heavy atom. The summed E-state index contributed by atoms with van der Waals surface area (Å²) >= 11 is 0. The second-order valence-electron chi connectivity index (χ2n) is 1.82. The highest BCUT2D eigenvalue weighted by molar-refractivity contribution is 5.90. The topological polar surface area (TPSA) is 46.2 Å². The summed E-state index contributed by atoms with van der Waals surface area (Å²) in [5.74, 6) is -0.711. The van der Waals surface area contributed by atoms with Gasteiger partial charge in [0.15, 0.2) is 0 Å². The van der Waals surface area contributed by atoms with Gasteiger partial charge in [0, 0.05) is 6.54 Å². The van der Waals surface area contributed by atoms with Gasteiger partial charge in [-0.25, -0.2) is 0 Å². The van der Waals surface area contributed by atoms with E-state index in [2.05, 4.69) is 5.32 Å². The molecule has 0 bridgehead atoms. The van der Waals surface area contributed by atoms with E-state index in [1.54, 1.807) is 6.92 Å². The minimum absolute atomic E-state index is 0.201. The molecule has 0 aromatic carbocycles. The van der Waals surface area contributed by atoms with E-state index in [1.165, 1.54) is 0 Å². The van der Waals surface area contributed by atoms with Crippen molar-refractivity contribution < 1.29 is 9.59 Å². The summed E-state index contributed by atoms with van der Waals surface area (Å²) in [4.78, 5) is 20.6. The molecule has 0 rings (SSSR count). The lowest BCUT2D eigenvalue weighted by Gasteiger charge is -2.01. The summed E-state index contributed by atoms with van der Waals surface area (Å²) < 4.78 is 0. The summed E-state index contributed by atoms with van der Waals surface area (Å²) in [6.45, 7) is 3.96. The second-order valence-corrected chi connectivity index (χ2v) is 1.82. The average Bonchev–Trinajstić information content (AvgIpc) is 1.87. The van der Waals surface area contributed by atoms with Crippen LogP contribution in [0, 0.1) is 5.92 Å². The van der Waals surface area contributed by atoms with Crippen LogP contribution in [0.25, 0.3) is 0 Å². The molecule has 0 heterocycles. The Morgan fingerprint density at radius 2 is 2.33 bits per heavy atom. The summed E-state index contributed by atoms with van der Waals surface area (Å²) in [5.41, 5.74) is 0. The minimum Gasteiger partial charge on any atom is -0.356 e. The molecule has 0 aliphatic heterocycles. The molecule has 0 saturated heterocycles. The number of hydrogen-bond donors (Lipinski definition) is 1. The van der Waals surface area contributed by atoms with Gasteiger partial charge < -0.3 is 10.1 Å². The van der Waals surface area contributed by atoms with Crippen LogP contribution in [0.15, 0.2) is 0 Å². The molecular weight excluding hydrogens is 118 g/mol. The van der Waals surface area contributed by atoms with Gasteiger partial charge in [0.25, 0.3) is 0 Å². The molecule has 0 aromatic rings. The van der Waals surface area contributed by atoms with Crippen LogP contribution in [0.5, 0.6) is 0 Å². The third-order valence-electron chi connectivity index (χ3n) is 0.969. The molecule has 1 amide bonds. The lowest BCUT2D eigenvalue weighted by molar-refractivity contribution is -0.128. The van der Waals surface area contributed by atoms with Crippen molar-refractivity contribution in [2.75, 3.05) is 6.54 Å². The van der Waals surface area contributed by atoms with Crippen LogP contribution in [0.1, 0.15) is 13.8 Å². The third kappa shape index (κ3) is 2.85. The number of rotatable bonds is 3. The predicted molar refractivity (Wildman–Crippen MR) is 33.9 cm³/mol. The minimum atomic E-state index is -0.509. The van der Waals surface area contributed by atoms with Crippen molar-refractivity contribution in [2.45, 2.75) is 13.8 Å². The molecule has 1 atom stereocenters. The Bertz CT molecular complexity index is 112. The Labute approximate surface area is 54.4 Å². The number of hydrogen-bond acceptors (Lipinski definition) is 2. The third-order valence-corrected chi connectivity index (χ3v) is 0.969. The molecule has 52 valence electrons. The highest BCUT2D eigenvalue weighted by Gasteiger charge is 2.08. The smallest absolute Gasteiger partial charge is 0.229 e. The Hall–Kier alpha value is -0.860. The SMILES string of the molecule is CCNC(=O)C(C)C=O. The van der Waals surface area contributed by atoms with Gasteiger partial charge in [-0.2, -0.15) is 0 Å². The number of nitrogens with one attached hydrogen (secondary N) is 1. The van der Waals surface area contributed by atoms with Gasteiger partial charge in [0.2, 0.25) is 5.91 Å². The molecule has 3 nitrogen and oxygen atoms in total. The lowest BCUT2D eigenvalue weighted by atomic mass is 10.2. The molecule has 0 radical (unpaired) electrons. The van der Waals surface area contributed by atoms with Crippen molar-refractivity contribution in [3.05, 3.63) is 0 Å². The van der Waals surface area contributed by atoms with Gasteiger partial charge in [0.1, 0.15) is 6.29 Å². The van der Waals surface area contributed by atoms with Crippen LogP contribution in [-0.2, 0) is 9.59 Å². The fraction of sp³-hybridized carbons (Fsp3) is 0.667. The van der Waals surface area contributed by atoms with Gasteiger partial charge in [-0.05, 0) is 13.8 Å². The molecule has 0 aromatic heterocycles. The first-order valence-electron chi connectivity index (χ1n) is 2.95. The molecule has 3 heteroatoms. The summed E-state index contributed by atoms with van der Waals surface area (Å²) in [5, 5.41) is 2.53. The van der Waals surface area contributed by atoms with Crippen molar-refractivity contribution >= 4 is 12.2 Å². The van der Waals surface area contributed by atoms with Crippen molar-refractivity contribution in [1.82, 2.24) is 5.32 Å². The first-order chi connectivity index (χ1) is 4.22. The maximum absolute atomic E-state index is 10.6. The van der Waals surface area contributed by atoms with E-state index in [-0.39, 0.29) is 5.91 Å². The quantitative estimate of drug-likeness (QED) is 0.429. The Balaban J connectivity index is 3.58. The zero-order chi connectivity index (χ0) is 7.28. The van der Waals surface area contributed by atoms with Crippen LogP contribution in [0.3, 0.4) is 0 Å². The monoisotopic (exact) mass is 129 g/mol. The van der Waals surface area contributed by atoms with Gasteiger partial charge in [-0.15, -0.1) is 0 Å². The van der Waals surface area contributed by atoms with Gasteiger partial charge in [0.05, 0.1) is 5.92 Å². The number of carbonyl (C=O) groups is 2. The van der Waals surface area contributed by atoms with Gasteiger partial charge in [-0.3, -0.25) is 4.79 Å². The van der Waals surface area contributed by atoms with E-state index >= 15 is 0 Å². The molecule has 0 aliphatic rings. The maximum Gasteiger partial charge on any atom is 0.229 e. The summed E-state index contributed by atoms with van der Waals surface area (Å²) in [7, 11) is 0. The lowest BCUT2D eigenvalue weighted by Crippen LogP contribution is -2.29. The van der Waals surface area contributed by atoms with Crippen molar-refractivity contribution in [3.8, 4) is 0 Å². The van der Waals surface area contributed by atoms with E-state index < -0.39 is 5.92 Å².